The van der Waals surface area contributed by atoms with Gasteiger partial charge in [-0.1, -0.05) is 6.07 Å². The van der Waals surface area contributed by atoms with E-state index in [4.69, 9.17) is 4.74 Å². The molecule has 0 bridgehead atoms. The number of esters is 1. The van der Waals surface area contributed by atoms with Gasteiger partial charge >= 0.3 is 5.97 Å². The molecule has 1 fully saturated rings. The number of nitrogens with zero attached hydrogens (tertiary/aromatic N) is 5. The standard InChI is InChI=1S/C18H18N6O3/c25-16(23-6-8-24(9-7-23)18-19-4-1-5-20-18)12-27-17(26)13-2-3-14-11-21-22-15(14)10-13/h1-5,10-11H,6-9,12H2,(H,21,22). The predicted octanol–water partition coefficient (Wildman–Crippen LogP) is 0.858. The number of carbonyl (C=O) groups is 2. The lowest BCUT2D eigenvalue weighted by Crippen LogP contribution is -2.50. The number of hydrogen-bond donors (Lipinski definition) is 1. The fraction of sp³-hybridized carbons (Fsp3) is 0.278. The Balaban J connectivity index is 1.29. The highest BCUT2D eigenvalue weighted by Crippen LogP contribution is 2.14. The molecule has 0 atom stereocenters. The monoisotopic (exact) mass is 366 g/mol. The number of carbonyl (C=O) groups excluding carboxylic acids is 2. The number of nitrogens with one attached hydrogen (secondary N) is 1. The van der Waals surface area contributed by atoms with Gasteiger partial charge in [-0.2, -0.15) is 5.10 Å². The normalized spacial score (nSPS) is 14.4. The van der Waals surface area contributed by atoms with E-state index in [1.165, 1.54) is 0 Å². The van der Waals surface area contributed by atoms with Crippen molar-refractivity contribution in [3.8, 4) is 0 Å². The molecule has 3 heterocycles. The highest BCUT2D eigenvalue weighted by molar-refractivity contribution is 5.95. The van der Waals surface area contributed by atoms with Crippen molar-refractivity contribution in [3.05, 3.63) is 48.4 Å². The number of H-pyrrole nitrogens is 1. The molecule has 1 amide bonds. The Morgan fingerprint density at radius 3 is 2.67 bits per heavy atom. The molecule has 0 radical (unpaired) electrons. The van der Waals surface area contributed by atoms with Gasteiger partial charge < -0.3 is 14.5 Å². The Labute approximate surface area is 155 Å². The molecule has 27 heavy (non-hydrogen) atoms. The highest BCUT2D eigenvalue weighted by atomic mass is 16.5. The molecule has 1 aliphatic heterocycles. The Hall–Kier alpha value is -3.49. The van der Waals surface area contributed by atoms with E-state index in [2.05, 4.69) is 20.2 Å². The van der Waals surface area contributed by atoms with Crippen LogP contribution in [0, 0.1) is 0 Å². The number of aromatic amines is 1. The number of ether oxygens (including phenoxy) is 1. The van der Waals surface area contributed by atoms with Gasteiger partial charge in [-0.3, -0.25) is 9.89 Å². The van der Waals surface area contributed by atoms with Crippen LogP contribution in [0.4, 0.5) is 5.95 Å². The van der Waals surface area contributed by atoms with E-state index in [0.29, 0.717) is 37.7 Å². The van der Waals surface area contributed by atoms with E-state index in [-0.39, 0.29) is 12.5 Å². The van der Waals surface area contributed by atoms with E-state index in [1.54, 1.807) is 47.8 Å². The van der Waals surface area contributed by atoms with Gasteiger partial charge in [0.05, 0.1) is 17.3 Å². The molecule has 138 valence electrons. The molecule has 0 aliphatic carbocycles. The van der Waals surface area contributed by atoms with E-state index in [0.717, 1.165) is 10.9 Å². The van der Waals surface area contributed by atoms with Crippen LogP contribution in [-0.4, -0.2) is 69.7 Å². The molecule has 1 saturated heterocycles. The van der Waals surface area contributed by atoms with Crippen LogP contribution in [0.25, 0.3) is 10.9 Å². The average molecular weight is 366 g/mol. The molecule has 9 heteroatoms. The zero-order valence-electron chi connectivity index (χ0n) is 14.5. The van der Waals surface area contributed by atoms with Crippen molar-refractivity contribution in [2.45, 2.75) is 0 Å². The molecule has 0 unspecified atom stereocenters. The molecule has 1 aliphatic rings. The summed E-state index contributed by atoms with van der Waals surface area (Å²) < 4.78 is 5.18. The van der Waals surface area contributed by atoms with Gasteiger partial charge in [-0.15, -0.1) is 0 Å². The summed E-state index contributed by atoms with van der Waals surface area (Å²) in [5, 5.41) is 7.62. The first-order chi connectivity index (χ1) is 13.2. The van der Waals surface area contributed by atoms with Gasteiger partial charge in [0.15, 0.2) is 6.61 Å². The number of piperazine rings is 1. The highest BCUT2D eigenvalue weighted by Gasteiger charge is 2.23. The number of fused-ring (bicyclic) bond motifs is 1. The van der Waals surface area contributed by atoms with E-state index >= 15 is 0 Å². The Morgan fingerprint density at radius 2 is 1.89 bits per heavy atom. The smallest absolute Gasteiger partial charge is 0.338 e. The second kappa shape index (κ2) is 7.40. The molecule has 4 rings (SSSR count). The van der Waals surface area contributed by atoms with Crippen molar-refractivity contribution in [1.29, 1.82) is 0 Å². The maximum absolute atomic E-state index is 12.3. The third kappa shape index (κ3) is 3.71. The first-order valence-electron chi connectivity index (χ1n) is 8.61. The maximum atomic E-state index is 12.3. The predicted molar refractivity (Wildman–Crippen MR) is 97.2 cm³/mol. The number of anilines is 1. The molecular weight excluding hydrogens is 348 g/mol. The zero-order valence-corrected chi connectivity index (χ0v) is 14.5. The number of amides is 1. The van der Waals surface area contributed by atoms with Crippen LogP contribution >= 0.6 is 0 Å². The summed E-state index contributed by atoms with van der Waals surface area (Å²) in [6, 6.07) is 6.86. The number of benzene rings is 1. The molecule has 0 saturated carbocycles. The molecule has 2 aromatic heterocycles. The molecule has 1 aromatic carbocycles. The van der Waals surface area contributed by atoms with Gasteiger partial charge in [-0.25, -0.2) is 14.8 Å². The summed E-state index contributed by atoms with van der Waals surface area (Å²) in [7, 11) is 0. The maximum Gasteiger partial charge on any atom is 0.338 e. The summed E-state index contributed by atoms with van der Waals surface area (Å²) in [5.41, 5.74) is 1.13. The largest absolute Gasteiger partial charge is 0.452 e. The number of aromatic nitrogens is 4. The minimum atomic E-state index is -0.531. The lowest BCUT2D eigenvalue weighted by molar-refractivity contribution is -0.134. The first-order valence-corrected chi connectivity index (χ1v) is 8.61. The van der Waals surface area contributed by atoms with Crippen LogP contribution < -0.4 is 4.90 Å². The van der Waals surface area contributed by atoms with Crippen LogP contribution in [0.15, 0.2) is 42.9 Å². The Morgan fingerprint density at radius 1 is 1.11 bits per heavy atom. The fourth-order valence-corrected chi connectivity index (χ4v) is 2.98. The quantitative estimate of drug-likeness (QED) is 0.683. The van der Waals surface area contributed by atoms with Gasteiger partial charge in [0.1, 0.15) is 0 Å². The van der Waals surface area contributed by atoms with Crippen molar-refractivity contribution in [2.75, 3.05) is 37.7 Å². The van der Waals surface area contributed by atoms with Crippen molar-refractivity contribution < 1.29 is 14.3 Å². The van der Waals surface area contributed by atoms with Gasteiger partial charge in [-0.05, 0) is 18.2 Å². The van der Waals surface area contributed by atoms with E-state index in [1.807, 2.05) is 4.90 Å². The second-order valence-electron chi connectivity index (χ2n) is 6.16. The lowest BCUT2D eigenvalue weighted by atomic mass is 10.2. The first kappa shape index (κ1) is 17.0. The third-order valence-corrected chi connectivity index (χ3v) is 4.47. The molecule has 0 spiro atoms. The van der Waals surface area contributed by atoms with Crippen molar-refractivity contribution in [2.24, 2.45) is 0 Å². The van der Waals surface area contributed by atoms with Crippen LogP contribution in [0.3, 0.4) is 0 Å². The summed E-state index contributed by atoms with van der Waals surface area (Å²) in [5.74, 6) is -0.0824. The van der Waals surface area contributed by atoms with Crippen LogP contribution in [0.2, 0.25) is 0 Å². The molecule has 9 nitrogen and oxygen atoms in total. The van der Waals surface area contributed by atoms with E-state index in [9.17, 15) is 9.59 Å². The van der Waals surface area contributed by atoms with Gasteiger partial charge in [0.2, 0.25) is 5.95 Å². The molecule has 1 N–H and O–H groups in total. The van der Waals surface area contributed by atoms with Crippen molar-refractivity contribution >= 4 is 28.7 Å². The van der Waals surface area contributed by atoms with Crippen LogP contribution in [0.1, 0.15) is 10.4 Å². The minimum absolute atomic E-state index is 0.209. The zero-order chi connectivity index (χ0) is 18.6. The summed E-state index contributed by atoms with van der Waals surface area (Å²) in [4.78, 5) is 36.7. The Bertz CT molecular complexity index is 950. The molecular formula is C18H18N6O3. The summed E-state index contributed by atoms with van der Waals surface area (Å²) >= 11 is 0. The summed E-state index contributed by atoms with van der Waals surface area (Å²) in [6.07, 6.45) is 5.06. The topological polar surface area (TPSA) is 104 Å². The minimum Gasteiger partial charge on any atom is -0.452 e. The second-order valence-corrected chi connectivity index (χ2v) is 6.16. The van der Waals surface area contributed by atoms with Gasteiger partial charge in [0, 0.05) is 44.0 Å². The van der Waals surface area contributed by atoms with Crippen LogP contribution in [0.5, 0.6) is 0 Å². The van der Waals surface area contributed by atoms with E-state index < -0.39 is 5.97 Å². The number of hydrogen-bond acceptors (Lipinski definition) is 7. The van der Waals surface area contributed by atoms with Crippen molar-refractivity contribution in [3.63, 3.8) is 0 Å². The molecule has 3 aromatic rings. The average Bonchev–Trinajstić information content (AvgIpc) is 3.20. The summed E-state index contributed by atoms with van der Waals surface area (Å²) in [6.45, 7) is 2.07. The SMILES string of the molecule is O=C(OCC(=O)N1CCN(c2ncccn2)CC1)c1ccc2cn[nH]c2c1. The van der Waals surface area contributed by atoms with Crippen molar-refractivity contribution in [1.82, 2.24) is 25.1 Å². The van der Waals surface area contributed by atoms with Gasteiger partial charge in [0.25, 0.3) is 5.91 Å². The lowest BCUT2D eigenvalue weighted by Gasteiger charge is -2.34. The van der Waals surface area contributed by atoms with Crippen LogP contribution in [-0.2, 0) is 9.53 Å². The Kier molecular flexibility index (Phi) is 4.65. The number of rotatable bonds is 4. The third-order valence-electron chi connectivity index (χ3n) is 4.47. The fourth-order valence-electron chi connectivity index (χ4n) is 2.98.